The molecular formula is C5H10NO2. The fourth-order valence-electron chi connectivity index (χ4n) is 0.258. The van der Waals surface area contributed by atoms with Gasteiger partial charge in [-0.1, -0.05) is 0 Å². The summed E-state index contributed by atoms with van der Waals surface area (Å²) in [4.78, 5) is 10.3. The molecule has 47 valence electrons. The Kier molecular flexibility index (Phi) is 4.26. The van der Waals surface area contributed by atoms with Crippen LogP contribution in [0.1, 0.15) is 6.92 Å². The van der Waals surface area contributed by atoms with Gasteiger partial charge in [0.2, 0.25) is 0 Å². The van der Waals surface area contributed by atoms with Gasteiger partial charge in [-0.25, -0.2) is 0 Å². The van der Waals surface area contributed by atoms with Gasteiger partial charge < -0.3 is 10.1 Å². The van der Waals surface area contributed by atoms with Gasteiger partial charge in [-0.2, -0.15) is 0 Å². The van der Waals surface area contributed by atoms with E-state index in [4.69, 9.17) is 0 Å². The van der Waals surface area contributed by atoms with E-state index >= 15 is 0 Å². The Morgan fingerprint density at radius 2 is 2.50 bits per heavy atom. The molecule has 0 saturated carbocycles. The van der Waals surface area contributed by atoms with Gasteiger partial charge in [0.05, 0.1) is 13.7 Å². The van der Waals surface area contributed by atoms with E-state index < -0.39 is 0 Å². The van der Waals surface area contributed by atoms with Crippen LogP contribution in [-0.2, 0) is 9.53 Å². The summed E-state index contributed by atoms with van der Waals surface area (Å²) in [6, 6.07) is 0. The summed E-state index contributed by atoms with van der Waals surface area (Å²) in [5.74, 6) is -0.247. The van der Waals surface area contributed by atoms with Crippen LogP contribution in [0.2, 0.25) is 0 Å². The van der Waals surface area contributed by atoms with Crippen molar-refractivity contribution in [2.75, 3.05) is 13.7 Å². The SMILES string of the molecule is C[CH]NCC(=O)OC. The molecular weight excluding hydrogens is 106 g/mol. The monoisotopic (exact) mass is 116 g/mol. The summed E-state index contributed by atoms with van der Waals surface area (Å²) in [6.07, 6.45) is 0. The maximum absolute atomic E-state index is 10.3. The summed E-state index contributed by atoms with van der Waals surface area (Å²) in [5.41, 5.74) is 0. The van der Waals surface area contributed by atoms with Crippen LogP contribution in [0.25, 0.3) is 0 Å². The molecule has 3 nitrogen and oxygen atoms in total. The summed E-state index contributed by atoms with van der Waals surface area (Å²) in [7, 11) is 1.36. The molecule has 0 rings (SSSR count). The summed E-state index contributed by atoms with van der Waals surface area (Å²) in [6.45, 7) is 3.76. The zero-order valence-electron chi connectivity index (χ0n) is 5.10. The van der Waals surface area contributed by atoms with Crippen molar-refractivity contribution in [3.63, 3.8) is 0 Å². The zero-order valence-corrected chi connectivity index (χ0v) is 5.10. The highest BCUT2D eigenvalue weighted by Crippen LogP contribution is 1.69. The molecule has 8 heavy (non-hydrogen) atoms. The molecule has 1 radical (unpaired) electrons. The molecule has 0 spiro atoms. The predicted molar refractivity (Wildman–Crippen MR) is 30.0 cm³/mol. The van der Waals surface area contributed by atoms with Gasteiger partial charge in [-0.05, 0) is 6.92 Å². The van der Waals surface area contributed by atoms with Crippen molar-refractivity contribution in [1.29, 1.82) is 0 Å². The quantitative estimate of drug-likeness (QED) is 0.524. The van der Waals surface area contributed by atoms with E-state index in [0.29, 0.717) is 0 Å². The van der Waals surface area contributed by atoms with Crippen LogP contribution >= 0.6 is 0 Å². The van der Waals surface area contributed by atoms with Crippen LogP contribution < -0.4 is 5.32 Å². The molecule has 1 N–H and O–H groups in total. The maximum Gasteiger partial charge on any atom is 0.319 e. The normalized spacial score (nSPS) is 8.75. The number of methoxy groups -OCH3 is 1. The van der Waals surface area contributed by atoms with Gasteiger partial charge in [0.25, 0.3) is 0 Å². The van der Waals surface area contributed by atoms with E-state index in [1.807, 2.05) is 6.92 Å². The minimum atomic E-state index is -0.247. The lowest BCUT2D eigenvalue weighted by Gasteiger charge is -1.96. The number of rotatable bonds is 3. The molecule has 0 bridgehead atoms. The molecule has 0 heterocycles. The van der Waals surface area contributed by atoms with Crippen LogP contribution in [0, 0.1) is 6.54 Å². The third-order valence-corrected chi connectivity index (χ3v) is 0.678. The molecule has 0 aromatic carbocycles. The Morgan fingerprint density at radius 3 is 2.88 bits per heavy atom. The van der Waals surface area contributed by atoms with E-state index in [1.165, 1.54) is 7.11 Å². The van der Waals surface area contributed by atoms with Crippen LogP contribution in [0.15, 0.2) is 0 Å². The standard InChI is InChI=1S/C5H10NO2/c1-3-6-4-5(7)8-2/h3,6H,4H2,1-2H3. The molecule has 0 aromatic rings. The topological polar surface area (TPSA) is 38.3 Å². The fraction of sp³-hybridized carbons (Fsp3) is 0.600. The van der Waals surface area contributed by atoms with Crippen molar-refractivity contribution < 1.29 is 9.53 Å². The number of carbonyl (C=O) groups is 1. The number of carbonyl (C=O) groups excluding carboxylic acids is 1. The maximum atomic E-state index is 10.3. The second-order valence-corrected chi connectivity index (χ2v) is 1.25. The number of hydrogen-bond donors (Lipinski definition) is 1. The summed E-state index contributed by atoms with van der Waals surface area (Å²) < 4.78 is 4.33. The Labute approximate surface area is 49.0 Å². The van der Waals surface area contributed by atoms with E-state index in [1.54, 1.807) is 6.54 Å². The van der Waals surface area contributed by atoms with Gasteiger partial charge >= 0.3 is 5.97 Å². The van der Waals surface area contributed by atoms with Crippen LogP contribution in [0.5, 0.6) is 0 Å². The lowest BCUT2D eigenvalue weighted by atomic mass is 10.6. The molecule has 0 saturated heterocycles. The molecule has 3 heteroatoms. The molecule has 0 aromatic heterocycles. The molecule has 0 amide bonds. The summed E-state index contributed by atoms with van der Waals surface area (Å²) in [5, 5.41) is 2.70. The lowest BCUT2D eigenvalue weighted by Crippen LogP contribution is -2.20. The van der Waals surface area contributed by atoms with E-state index in [0.717, 1.165) is 0 Å². The zero-order chi connectivity index (χ0) is 6.41. The van der Waals surface area contributed by atoms with Gasteiger partial charge in [0, 0.05) is 6.54 Å². The number of hydrogen-bond acceptors (Lipinski definition) is 3. The van der Waals surface area contributed by atoms with Crippen LogP contribution in [0.3, 0.4) is 0 Å². The molecule has 0 aliphatic rings. The third-order valence-electron chi connectivity index (χ3n) is 0.678. The highest BCUT2D eigenvalue weighted by molar-refractivity contribution is 5.71. The Balaban J connectivity index is 2.99. The van der Waals surface area contributed by atoms with Gasteiger partial charge in [-0.3, -0.25) is 4.79 Å². The molecule has 0 aliphatic heterocycles. The first-order chi connectivity index (χ1) is 3.81. The van der Waals surface area contributed by atoms with Crippen molar-refractivity contribution in [3.8, 4) is 0 Å². The van der Waals surface area contributed by atoms with Crippen molar-refractivity contribution in [3.05, 3.63) is 6.54 Å². The van der Waals surface area contributed by atoms with Crippen molar-refractivity contribution in [2.45, 2.75) is 6.92 Å². The van der Waals surface area contributed by atoms with Gasteiger partial charge in [-0.15, -0.1) is 0 Å². The fourth-order valence-corrected chi connectivity index (χ4v) is 0.258. The first-order valence-electron chi connectivity index (χ1n) is 2.39. The first-order valence-corrected chi connectivity index (χ1v) is 2.39. The van der Waals surface area contributed by atoms with Gasteiger partial charge in [0.1, 0.15) is 0 Å². The molecule has 0 aliphatic carbocycles. The second kappa shape index (κ2) is 4.59. The minimum Gasteiger partial charge on any atom is -0.468 e. The van der Waals surface area contributed by atoms with Crippen molar-refractivity contribution >= 4 is 5.97 Å². The van der Waals surface area contributed by atoms with E-state index in [2.05, 4.69) is 10.1 Å². The molecule has 0 fully saturated rings. The van der Waals surface area contributed by atoms with E-state index in [9.17, 15) is 4.79 Å². The van der Waals surface area contributed by atoms with Gasteiger partial charge in [0.15, 0.2) is 0 Å². The number of nitrogens with one attached hydrogen (secondary N) is 1. The average molecular weight is 116 g/mol. The Morgan fingerprint density at radius 1 is 1.88 bits per heavy atom. The number of esters is 1. The third kappa shape index (κ3) is 3.61. The van der Waals surface area contributed by atoms with Crippen molar-refractivity contribution in [1.82, 2.24) is 5.32 Å². The predicted octanol–water partition coefficient (Wildman–Crippen LogP) is -0.0693. The van der Waals surface area contributed by atoms with E-state index in [-0.39, 0.29) is 12.5 Å². The first kappa shape index (κ1) is 7.43. The highest BCUT2D eigenvalue weighted by Gasteiger charge is 1.94. The average Bonchev–Trinajstić information content (AvgIpc) is 1.83. The van der Waals surface area contributed by atoms with Crippen LogP contribution in [-0.4, -0.2) is 19.6 Å². The Bertz CT molecular complexity index is 72.8. The minimum absolute atomic E-state index is 0.247. The lowest BCUT2D eigenvalue weighted by molar-refractivity contribution is -0.139. The summed E-state index contributed by atoms with van der Waals surface area (Å²) >= 11 is 0. The van der Waals surface area contributed by atoms with Crippen molar-refractivity contribution in [2.24, 2.45) is 0 Å². The Hall–Kier alpha value is -0.570. The largest absolute Gasteiger partial charge is 0.468 e. The molecule has 0 unspecified atom stereocenters. The van der Waals surface area contributed by atoms with Crippen LogP contribution in [0.4, 0.5) is 0 Å². The smallest absolute Gasteiger partial charge is 0.319 e. The number of ether oxygens (including phenoxy) is 1. The second-order valence-electron chi connectivity index (χ2n) is 1.25. The highest BCUT2D eigenvalue weighted by atomic mass is 16.5. The molecule has 0 atom stereocenters.